The summed E-state index contributed by atoms with van der Waals surface area (Å²) in [4.78, 5) is 77.0. The lowest BCUT2D eigenvalue weighted by atomic mass is 10.0. The van der Waals surface area contributed by atoms with Gasteiger partial charge in [-0.25, -0.2) is 4.79 Å². The van der Waals surface area contributed by atoms with Gasteiger partial charge < -0.3 is 19.6 Å². The van der Waals surface area contributed by atoms with Gasteiger partial charge in [0.05, 0.1) is 16.8 Å². The second kappa shape index (κ2) is 8.98. The van der Waals surface area contributed by atoms with Gasteiger partial charge in [-0.2, -0.15) is 0 Å². The minimum absolute atomic E-state index is 0.0445. The lowest BCUT2D eigenvalue weighted by molar-refractivity contribution is -0.146. The average Bonchev–Trinajstić information content (AvgIpc) is 3.04. The molecule has 0 spiro atoms. The van der Waals surface area contributed by atoms with Crippen molar-refractivity contribution in [1.29, 1.82) is 0 Å². The first-order chi connectivity index (χ1) is 15.8. The van der Waals surface area contributed by atoms with Gasteiger partial charge in [-0.15, -0.1) is 0 Å². The lowest BCUT2D eigenvalue weighted by Gasteiger charge is -2.36. The minimum Gasteiger partial charge on any atom is -0.480 e. The predicted octanol–water partition coefficient (Wildman–Crippen LogP) is -1.16. The van der Waals surface area contributed by atoms with E-state index in [1.807, 2.05) is 4.90 Å². The quantitative estimate of drug-likeness (QED) is 0.502. The van der Waals surface area contributed by atoms with E-state index in [0.717, 1.165) is 4.90 Å². The molecule has 12 heteroatoms. The number of benzene rings is 1. The summed E-state index contributed by atoms with van der Waals surface area (Å²) in [7, 11) is 0. The number of carboxylic acids is 1. The third-order valence-electron chi connectivity index (χ3n) is 5.87. The molecule has 1 atom stereocenters. The molecule has 2 N–H and O–H groups in total. The standard InChI is InChI=1S/C21H22N4O8/c26-15-5-4-14(19(30)22-15)25-20(31)12-2-1-3-13(18(12)21(25)32)23-6-8-24(9-7-23)16(27)10-33-11-17(28)29/h1-3,14H,4-11H2,(H,28,29)(H,22,26,30). The summed E-state index contributed by atoms with van der Waals surface area (Å²) >= 11 is 0. The molecule has 174 valence electrons. The van der Waals surface area contributed by atoms with Crippen LogP contribution in [0.5, 0.6) is 0 Å². The maximum atomic E-state index is 13.2. The van der Waals surface area contributed by atoms with Crippen LogP contribution in [0.15, 0.2) is 18.2 Å². The Balaban J connectivity index is 1.47. The number of amides is 5. The van der Waals surface area contributed by atoms with Crippen LogP contribution in [0.25, 0.3) is 0 Å². The van der Waals surface area contributed by atoms with Gasteiger partial charge in [0.25, 0.3) is 11.8 Å². The van der Waals surface area contributed by atoms with Crippen LogP contribution >= 0.6 is 0 Å². The van der Waals surface area contributed by atoms with Gasteiger partial charge in [0.15, 0.2) is 0 Å². The van der Waals surface area contributed by atoms with E-state index in [9.17, 15) is 28.8 Å². The van der Waals surface area contributed by atoms with Crippen LogP contribution in [0.2, 0.25) is 0 Å². The summed E-state index contributed by atoms with van der Waals surface area (Å²) in [5.41, 5.74) is 0.939. The van der Waals surface area contributed by atoms with E-state index in [-0.39, 0.29) is 36.5 Å². The van der Waals surface area contributed by atoms with Gasteiger partial charge in [-0.1, -0.05) is 6.07 Å². The number of ether oxygens (including phenoxy) is 1. The van der Waals surface area contributed by atoms with Crippen molar-refractivity contribution in [2.24, 2.45) is 0 Å². The number of hydrogen-bond donors (Lipinski definition) is 2. The minimum atomic E-state index is -1.16. The SMILES string of the molecule is O=C(O)COCC(=O)N1CCN(c2cccc3c2C(=O)N(C2CCC(=O)NC2=O)C3=O)CC1. The Bertz CT molecular complexity index is 1050. The molecule has 3 aliphatic heterocycles. The van der Waals surface area contributed by atoms with Gasteiger partial charge >= 0.3 is 5.97 Å². The van der Waals surface area contributed by atoms with Crippen LogP contribution in [0, 0.1) is 0 Å². The summed E-state index contributed by atoms with van der Waals surface area (Å²) in [6.07, 6.45) is 0.124. The molecule has 0 bridgehead atoms. The molecule has 2 saturated heterocycles. The van der Waals surface area contributed by atoms with Crippen molar-refractivity contribution >= 4 is 41.2 Å². The van der Waals surface area contributed by atoms with E-state index >= 15 is 0 Å². The Morgan fingerprint density at radius 2 is 1.76 bits per heavy atom. The van der Waals surface area contributed by atoms with E-state index in [1.165, 1.54) is 6.07 Å². The summed E-state index contributed by atoms with van der Waals surface area (Å²) in [6.45, 7) is 0.556. The zero-order valence-electron chi connectivity index (χ0n) is 17.6. The first-order valence-corrected chi connectivity index (χ1v) is 10.4. The van der Waals surface area contributed by atoms with Crippen molar-refractivity contribution in [3.63, 3.8) is 0 Å². The molecule has 33 heavy (non-hydrogen) atoms. The normalized spacial score (nSPS) is 20.7. The molecule has 1 aromatic rings. The predicted molar refractivity (Wildman–Crippen MR) is 110 cm³/mol. The molecule has 0 saturated carbocycles. The molecule has 1 unspecified atom stereocenters. The van der Waals surface area contributed by atoms with Gasteiger partial charge in [0.1, 0.15) is 19.3 Å². The topological polar surface area (TPSA) is 154 Å². The van der Waals surface area contributed by atoms with Crippen LogP contribution in [0.1, 0.15) is 33.6 Å². The lowest BCUT2D eigenvalue weighted by Crippen LogP contribution is -2.54. The monoisotopic (exact) mass is 458 g/mol. The highest BCUT2D eigenvalue weighted by atomic mass is 16.5. The van der Waals surface area contributed by atoms with Gasteiger partial charge in [-0.05, 0) is 18.6 Å². The van der Waals surface area contributed by atoms with Crippen LogP contribution in [0.3, 0.4) is 0 Å². The second-order valence-electron chi connectivity index (χ2n) is 7.90. The molecular formula is C21H22N4O8. The van der Waals surface area contributed by atoms with E-state index in [4.69, 9.17) is 9.84 Å². The van der Waals surface area contributed by atoms with Crippen molar-refractivity contribution in [1.82, 2.24) is 15.1 Å². The van der Waals surface area contributed by atoms with Gasteiger partial charge in [0.2, 0.25) is 17.7 Å². The summed E-state index contributed by atoms with van der Waals surface area (Å²) in [5, 5.41) is 10.8. The van der Waals surface area contributed by atoms with Crippen molar-refractivity contribution in [2.75, 3.05) is 44.3 Å². The molecule has 0 aromatic heterocycles. The molecule has 3 aliphatic rings. The number of rotatable bonds is 6. The first kappa shape index (κ1) is 22.4. The largest absolute Gasteiger partial charge is 0.480 e. The number of hydrogen-bond acceptors (Lipinski definition) is 8. The molecule has 2 fully saturated rings. The number of piperidine rings is 1. The number of anilines is 1. The third kappa shape index (κ3) is 4.29. The fourth-order valence-corrected chi connectivity index (χ4v) is 4.27. The number of carboxylic acid groups (broad SMARTS) is 1. The summed E-state index contributed by atoms with van der Waals surface area (Å²) in [5.74, 6) is -3.74. The zero-order chi connectivity index (χ0) is 23.7. The van der Waals surface area contributed by atoms with E-state index in [2.05, 4.69) is 5.32 Å². The molecular weight excluding hydrogens is 436 g/mol. The number of imide groups is 2. The Morgan fingerprint density at radius 3 is 2.42 bits per heavy atom. The smallest absolute Gasteiger partial charge is 0.329 e. The third-order valence-corrected chi connectivity index (χ3v) is 5.87. The molecule has 4 rings (SSSR count). The Hall–Kier alpha value is -3.80. The molecule has 1 aromatic carbocycles. The summed E-state index contributed by atoms with van der Waals surface area (Å²) in [6, 6.07) is 3.86. The van der Waals surface area contributed by atoms with Crippen molar-refractivity contribution in [2.45, 2.75) is 18.9 Å². The van der Waals surface area contributed by atoms with Crippen molar-refractivity contribution in [3.05, 3.63) is 29.3 Å². The molecule has 12 nitrogen and oxygen atoms in total. The first-order valence-electron chi connectivity index (χ1n) is 10.4. The average molecular weight is 458 g/mol. The molecule has 5 amide bonds. The number of carbonyl (C=O) groups is 6. The van der Waals surface area contributed by atoms with E-state index in [0.29, 0.717) is 31.9 Å². The van der Waals surface area contributed by atoms with Crippen molar-refractivity contribution < 1.29 is 38.6 Å². The van der Waals surface area contributed by atoms with E-state index in [1.54, 1.807) is 17.0 Å². The van der Waals surface area contributed by atoms with Crippen molar-refractivity contribution in [3.8, 4) is 0 Å². The molecule has 0 aliphatic carbocycles. The Morgan fingerprint density at radius 1 is 1.03 bits per heavy atom. The van der Waals surface area contributed by atoms with E-state index < -0.39 is 42.2 Å². The number of fused-ring (bicyclic) bond motifs is 1. The van der Waals surface area contributed by atoms with Crippen LogP contribution < -0.4 is 10.2 Å². The summed E-state index contributed by atoms with van der Waals surface area (Å²) < 4.78 is 4.85. The molecule has 0 radical (unpaired) electrons. The second-order valence-corrected chi connectivity index (χ2v) is 7.90. The Kier molecular flexibility index (Phi) is 6.09. The molecule has 3 heterocycles. The maximum absolute atomic E-state index is 13.2. The fourth-order valence-electron chi connectivity index (χ4n) is 4.27. The maximum Gasteiger partial charge on any atom is 0.329 e. The number of nitrogens with zero attached hydrogens (tertiary/aromatic N) is 3. The highest BCUT2D eigenvalue weighted by Gasteiger charge is 2.46. The van der Waals surface area contributed by atoms with Gasteiger partial charge in [0, 0.05) is 32.6 Å². The number of piperazine rings is 1. The van der Waals surface area contributed by atoms with Crippen LogP contribution in [0.4, 0.5) is 5.69 Å². The van der Waals surface area contributed by atoms with Crippen LogP contribution in [-0.4, -0.2) is 95.8 Å². The highest BCUT2D eigenvalue weighted by Crippen LogP contribution is 2.34. The number of aliphatic carboxylic acids is 1. The number of carbonyl (C=O) groups excluding carboxylic acids is 5. The number of nitrogens with one attached hydrogen (secondary N) is 1. The fraction of sp³-hybridized carbons (Fsp3) is 0.429. The van der Waals surface area contributed by atoms with Crippen LogP contribution in [-0.2, 0) is 23.9 Å². The highest BCUT2D eigenvalue weighted by molar-refractivity contribution is 6.25. The van der Waals surface area contributed by atoms with Gasteiger partial charge in [-0.3, -0.25) is 34.2 Å². The Labute approximate surface area is 188 Å². The zero-order valence-corrected chi connectivity index (χ0v) is 17.6.